The smallest absolute Gasteiger partial charge is 0.0651 e. The van der Waals surface area contributed by atoms with Crippen molar-refractivity contribution < 1.29 is 0 Å². The van der Waals surface area contributed by atoms with Gasteiger partial charge < -0.3 is 5.32 Å². The number of anilines is 1. The van der Waals surface area contributed by atoms with Crippen molar-refractivity contribution in [1.29, 1.82) is 0 Å². The molecule has 1 fully saturated rings. The molecule has 0 radical (unpaired) electrons. The Hall–Kier alpha value is -2.04. The fourth-order valence-corrected chi connectivity index (χ4v) is 3.48. The molecule has 3 aromatic rings. The summed E-state index contributed by atoms with van der Waals surface area (Å²) in [4.78, 5) is 2.51. The van der Waals surface area contributed by atoms with Crippen LogP contribution in [-0.2, 0) is 6.54 Å². The number of halogens is 1. The number of hydrogen-bond donors (Lipinski definition) is 2. The van der Waals surface area contributed by atoms with E-state index in [1.807, 2.05) is 18.3 Å². The molecule has 0 aliphatic carbocycles. The van der Waals surface area contributed by atoms with Gasteiger partial charge in [-0.05, 0) is 48.7 Å². The standard InChI is InChI=1S/C19H21ClN4/c20-16-3-1-14(2-4-16)13-24-9-7-17(8-10-24)22-18-5-6-19-15(11-18)12-21-23-19/h1-6,11-12,17,22H,7-10,13H2,(H,21,23). The van der Waals surface area contributed by atoms with E-state index in [0.29, 0.717) is 6.04 Å². The fraction of sp³-hybridized carbons (Fsp3) is 0.316. The highest BCUT2D eigenvalue weighted by Gasteiger charge is 2.19. The molecule has 0 bridgehead atoms. The van der Waals surface area contributed by atoms with Gasteiger partial charge >= 0.3 is 0 Å². The van der Waals surface area contributed by atoms with Crippen molar-refractivity contribution in [3.05, 3.63) is 59.2 Å². The van der Waals surface area contributed by atoms with Crippen LogP contribution in [0.25, 0.3) is 10.9 Å². The van der Waals surface area contributed by atoms with Crippen LogP contribution in [0, 0.1) is 0 Å². The summed E-state index contributed by atoms with van der Waals surface area (Å²) in [5, 5.41) is 12.7. The number of nitrogens with zero attached hydrogens (tertiary/aromatic N) is 2. The van der Waals surface area contributed by atoms with Gasteiger partial charge in [-0.15, -0.1) is 0 Å². The number of piperidine rings is 1. The van der Waals surface area contributed by atoms with Crippen LogP contribution < -0.4 is 5.32 Å². The summed E-state index contributed by atoms with van der Waals surface area (Å²) in [5.74, 6) is 0. The van der Waals surface area contributed by atoms with Gasteiger partial charge in [-0.25, -0.2) is 0 Å². The summed E-state index contributed by atoms with van der Waals surface area (Å²) < 4.78 is 0. The predicted molar refractivity (Wildman–Crippen MR) is 99.5 cm³/mol. The predicted octanol–water partition coefficient (Wildman–Crippen LogP) is 4.29. The van der Waals surface area contributed by atoms with Crippen LogP contribution in [0.5, 0.6) is 0 Å². The Labute approximate surface area is 146 Å². The van der Waals surface area contributed by atoms with Crippen molar-refractivity contribution in [1.82, 2.24) is 15.1 Å². The molecular weight excluding hydrogens is 320 g/mol. The van der Waals surface area contributed by atoms with E-state index in [9.17, 15) is 0 Å². The molecule has 0 atom stereocenters. The third kappa shape index (κ3) is 3.55. The molecule has 0 spiro atoms. The van der Waals surface area contributed by atoms with E-state index in [-0.39, 0.29) is 0 Å². The van der Waals surface area contributed by atoms with Crippen molar-refractivity contribution in [2.75, 3.05) is 18.4 Å². The Morgan fingerprint density at radius 1 is 1.12 bits per heavy atom. The monoisotopic (exact) mass is 340 g/mol. The van der Waals surface area contributed by atoms with Crippen LogP contribution in [0.1, 0.15) is 18.4 Å². The van der Waals surface area contributed by atoms with Crippen molar-refractivity contribution >= 4 is 28.2 Å². The van der Waals surface area contributed by atoms with Gasteiger partial charge in [0.05, 0.1) is 11.7 Å². The van der Waals surface area contributed by atoms with Crippen LogP contribution in [0.2, 0.25) is 5.02 Å². The van der Waals surface area contributed by atoms with Crippen LogP contribution in [0.3, 0.4) is 0 Å². The first kappa shape index (κ1) is 15.5. The van der Waals surface area contributed by atoms with E-state index in [2.05, 4.69) is 50.7 Å². The molecule has 1 aromatic heterocycles. The summed E-state index contributed by atoms with van der Waals surface area (Å²) in [6.07, 6.45) is 4.20. The largest absolute Gasteiger partial charge is 0.382 e. The lowest BCUT2D eigenvalue weighted by atomic mass is 10.0. The van der Waals surface area contributed by atoms with Gasteiger partial charge in [0.1, 0.15) is 0 Å². The van der Waals surface area contributed by atoms with Gasteiger partial charge in [-0.1, -0.05) is 23.7 Å². The Bertz CT molecular complexity index is 804. The van der Waals surface area contributed by atoms with Gasteiger partial charge in [0, 0.05) is 41.8 Å². The van der Waals surface area contributed by atoms with Crippen LogP contribution >= 0.6 is 11.6 Å². The SMILES string of the molecule is Clc1ccc(CN2CCC(Nc3ccc4[nH]ncc4c3)CC2)cc1. The lowest BCUT2D eigenvalue weighted by molar-refractivity contribution is 0.211. The average molecular weight is 341 g/mol. The lowest BCUT2D eigenvalue weighted by Gasteiger charge is -2.33. The fourth-order valence-electron chi connectivity index (χ4n) is 3.35. The maximum Gasteiger partial charge on any atom is 0.0651 e. The van der Waals surface area contributed by atoms with E-state index in [1.165, 1.54) is 11.3 Å². The maximum absolute atomic E-state index is 5.95. The first-order chi connectivity index (χ1) is 11.8. The van der Waals surface area contributed by atoms with E-state index < -0.39 is 0 Å². The van der Waals surface area contributed by atoms with Gasteiger partial charge in [-0.3, -0.25) is 10.00 Å². The molecule has 124 valence electrons. The average Bonchev–Trinajstić information content (AvgIpc) is 3.06. The quantitative estimate of drug-likeness (QED) is 0.744. The zero-order valence-corrected chi connectivity index (χ0v) is 14.3. The highest BCUT2D eigenvalue weighted by Crippen LogP contribution is 2.21. The minimum absolute atomic E-state index is 0.538. The summed E-state index contributed by atoms with van der Waals surface area (Å²) in [5.41, 5.74) is 3.59. The van der Waals surface area contributed by atoms with Crippen LogP contribution in [0.4, 0.5) is 5.69 Å². The van der Waals surface area contributed by atoms with Crippen molar-refractivity contribution in [2.24, 2.45) is 0 Å². The number of rotatable bonds is 4. The molecule has 4 nitrogen and oxygen atoms in total. The zero-order valence-electron chi connectivity index (χ0n) is 13.5. The minimum Gasteiger partial charge on any atom is -0.382 e. The summed E-state index contributed by atoms with van der Waals surface area (Å²) >= 11 is 5.95. The highest BCUT2D eigenvalue weighted by molar-refractivity contribution is 6.30. The number of likely N-dealkylation sites (tertiary alicyclic amines) is 1. The first-order valence-electron chi connectivity index (χ1n) is 8.43. The van der Waals surface area contributed by atoms with Gasteiger partial charge in [0.2, 0.25) is 0 Å². The first-order valence-corrected chi connectivity index (χ1v) is 8.80. The molecule has 2 N–H and O–H groups in total. The molecule has 0 amide bonds. The molecule has 1 saturated heterocycles. The Morgan fingerprint density at radius 2 is 1.92 bits per heavy atom. The molecule has 0 unspecified atom stereocenters. The third-order valence-electron chi connectivity index (χ3n) is 4.72. The second kappa shape index (κ2) is 6.83. The summed E-state index contributed by atoms with van der Waals surface area (Å²) in [6.45, 7) is 3.24. The van der Waals surface area contributed by atoms with Crippen molar-refractivity contribution in [2.45, 2.75) is 25.4 Å². The van der Waals surface area contributed by atoms with Gasteiger partial charge in [0.25, 0.3) is 0 Å². The lowest BCUT2D eigenvalue weighted by Crippen LogP contribution is -2.38. The van der Waals surface area contributed by atoms with E-state index >= 15 is 0 Å². The van der Waals surface area contributed by atoms with E-state index in [0.717, 1.165) is 48.4 Å². The van der Waals surface area contributed by atoms with Crippen LogP contribution in [0.15, 0.2) is 48.7 Å². The maximum atomic E-state index is 5.95. The molecule has 2 aromatic carbocycles. The molecule has 1 aliphatic rings. The molecule has 2 heterocycles. The highest BCUT2D eigenvalue weighted by atomic mass is 35.5. The van der Waals surface area contributed by atoms with E-state index in [4.69, 9.17) is 11.6 Å². The molecule has 4 rings (SSSR count). The van der Waals surface area contributed by atoms with Gasteiger partial charge in [0.15, 0.2) is 0 Å². The Morgan fingerprint density at radius 3 is 2.71 bits per heavy atom. The van der Waals surface area contributed by atoms with Gasteiger partial charge in [-0.2, -0.15) is 5.10 Å². The summed E-state index contributed by atoms with van der Waals surface area (Å²) in [6, 6.07) is 15.1. The number of hydrogen-bond acceptors (Lipinski definition) is 3. The molecule has 24 heavy (non-hydrogen) atoms. The number of aromatic amines is 1. The number of aromatic nitrogens is 2. The molecule has 1 aliphatic heterocycles. The Balaban J connectivity index is 1.31. The van der Waals surface area contributed by atoms with Crippen molar-refractivity contribution in [3.8, 4) is 0 Å². The molecule has 5 heteroatoms. The molecule has 0 saturated carbocycles. The number of nitrogens with one attached hydrogen (secondary N) is 2. The third-order valence-corrected chi connectivity index (χ3v) is 4.97. The number of fused-ring (bicyclic) bond motifs is 1. The number of H-pyrrole nitrogens is 1. The second-order valence-corrected chi connectivity index (χ2v) is 6.93. The van der Waals surface area contributed by atoms with Crippen molar-refractivity contribution in [3.63, 3.8) is 0 Å². The normalized spacial score (nSPS) is 16.5. The minimum atomic E-state index is 0.538. The van der Waals surface area contributed by atoms with Crippen LogP contribution in [-0.4, -0.2) is 34.2 Å². The Kier molecular flexibility index (Phi) is 4.41. The molecular formula is C19H21ClN4. The topological polar surface area (TPSA) is 44.0 Å². The number of benzene rings is 2. The zero-order chi connectivity index (χ0) is 16.4. The second-order valence-electron chi connectivity index (χ2n) is 6.49. The van der Waals surface area contributed by atoms with E-state index in [1.54, 1.807) is 0 Å². The summed E-state index contributed by atoms with van der Waals surface area (Å²) in [7, 11) is 0.